The van der Waals surface area contributed by atoms with Crippen LogP contribution in [0.4, 0.5) is 22.7 Å². The molecule has 0 saturated carbocycles. The standard InChI is InChI=1S/C40H58N4O2.Cu/c1-37(2,3)27-17-25(35(45)29(19-27)39(7,8)9)23-41-31-21-33(43(13)14)34(44(15)16)22-32(31)42-24-26-18-28(38(4,5)6)20-30(36(26)46)40(10,11)12;/h17-24,45-46H,1-16H3;/q;+2/p-2. The molecule has 1 radical (unpaired) electrons. The molecule has 0 unspecified atom stereocenters. The summed E-state index contributed by atoms with van der Waals surface area (Å²) in [5.74, 6) is -0.0338. The predicted octanol–water partition coefficient (Wildman–Crippen LogP) is 8.65. The summed E-state index contributed by atoms with van der Waals surface area (Å²) >= 11 is 0. The molecule has 0 N–H and O–H groups in total. The Morgan fingerprint density at radius 3 is 1.02 bits per heavy atom. The van der Waals surface area contributed by atoms with E-state index in [4.69, 9.17) is 9.98 Å². The topological polar surface area (TPSA) is 77.3 Å². The van der Waals surface area contributed by atoms with E-state index >= 15 is 0 Å². The van der Waals surface area contributed by atoms with Gasteiger partial charge in [0.25, 0.3) is 0 Å². The quantitative estimate of drug-likeness (QED) is 0.192. The van der Waals surface area contributed by atoms with Crippen molar-refractivity contribution in [2.75, 3.05) is 38.0 Å². The summed E-state index contributed by atoms with van der Waals surface area (Å²) in [5, 5.41) is 27.4. The Labute approximate surface area is 295 Å². The molecule has 0 aromatic heterocycles. The van der Waals surface area contributed by atoms with Crippen LogP contribution in [0.2, 0.25) is 0 Å². The van der Waals surface area contributed by atoms with Crippen molar-refractivity contribution in [1.29, 1.82) is 0 Å². The molecule has 0 amide bonds. The van der Waals surface area contributed by atoms with Gasteiger partial charge in [-0.15, -0.1) is 0 Å². The Balaban J connectivity index is 0.00000768. The van der Waals surface area contributed by atoms with E-state index in [0.29, 0.717) is 22.5 Å². The monoisotopic (exact) mass is 687 g/mol. The fourth-order valence-corrected chi connectivity index (χ4v) is 5.23. The smallest absolute Gasteiger partial charge is 0.872 e. The third-order valence-corrected chi connectivity index (χ3v) is 8.30. The number of aliphatic imine (C=N–C) groups is 2. The first-order valence-electron chi connectivity index (χ1n) is 16.1. The van der Waals surface area contributed by atoms with E-state index in [9.17, 15) is 10.2 Å². The summed E-state index contributed by atoms with van der Waals surface area (Å²) in [6.07, 6.45) is 3.35. The van der Waals surface area contributed by atoms with Crippen LogP contribution in [0.5, 0.6) is 11.5 Å². The van der Waals surface area contributed by atoms with Crippen LogP contribution in [-0.2, 0) is 38.7 Å². The summed E-state index contributed by atoms with van der Waals surface area (Å²) in [6.45, 7) is 25.3. The number of anilines is 2. The van der Waals surface area contributed by atoms with E-state index in [2.05, 4.69) is 83.1 Å². The van der Waals surface area contributed by atoms with Gasteiger partial charge in [-0.1, -0.05) is 119 Å². The Kier molecular flexibility index (Phi) is 11.9. The number of hydrogen-bond acceptors (Lipinski definition) is 6. The second-order valence-electron chi connectivity index (χ2n) is 17.0. The molecule has 3 rings (SSSR count). The summed E-state index contributed by atoms with van der Waals surface area (Å²) in [4.78, 5) is 13.9. The van der Waals surface area contributed by atoms with Crippen LogP contribution < -0.4 is 20.0 Å². The molecule has 0 bridgehead atoms. The minimum Gasteiger partial charge on any atom is -0.872 e. The number of hydrogen-bond donors (Lipinski definition) is 0. The first-order valence-corrected chi connectivity index (χ1v) is 16.1. The normalized spacial score (nSPS) is 12.9. The van der Waals surface area contributed by atoms with E-state index in [0.717, 1.165) is 33.6 Å². The maximum Gasteiger partial charge on any atom is 2.00 e. The molecule has 0 atom stereocenters. The molecular formula is C40H56CuN4O2. The van der Waals surface area contributed by atoms with Crippen molar-refractivity contribution >= 4 is 35.2 Å². The summed E-state index contributed by atoms with van der Waals surface area (Å²) in [6, 6.07) is 12.0. The van der Waals surface area contributed by atoms with Crippen LogP contribution >= 0.6 is 0 Å². The van der Waals surface area contributed by atoms with Gasteiger partial charge in [0.15, 0.2) is 0 Å². The van der Waals surface area contributed by atoms with Gasteiger partial charge < -0.3 is 20.0 Å². The van der Waals surface area contributed by atoms with Gasteiger partial charge in [-0.2, -0.15) is 0 Å². The molecule has 6 nitrogen and oxygen atoms in total. The first kappa shape index (κ1) is 39.9. The zero-order valence-corrected chi connectivity index (χ0v) is 32.5. The fourth-order valence-electron chi connectivity index (χ4n) is 5.23. The SMILES string of the molecule is CN(C)c1cc(N=Cc2cc(C(C)(C)C)cc(C(C)(C)C)c2[O-])c(N=Cc2cc(C(C)(C)C)cc(C(C)(C)C)c2[O-])cc1N(C)C.[Cu+2]. The molecule has 0 aliphatic heterocycles. The van der Waals surface area contributed by atoms with Gasteiger partial charge in [0.2, 0.25) is 0 Å². The van der Waals surface area contributed by atoms with Crippen LogP contribution in [0.15, 0.2) is 46.4 Å². The average Bonchev–Trinajstić information content (AvgIpc) is 2.88. The molecule has 0 saturated heterocycles. The minimum absolute atomic E-state index is 0. The van der Waals surface area contributed by atoms with Crippen molar-refractivity contribution < 1.29 is 27.3 Å². The summed E-state index contributed by atoms with van der Waals surface area (Å²) in [5.41, 5.74) is 7.06. The maximum absolute atomic E-state index is 13.7. The van der Waals surface area contributed by atoms with Gasteiger partial charge in [0.05, 0.1) is 22.7 Å². The van der Waals surface area contributed by atoms with Gasteiger partial charge in [0, 0.05) is 40.6 Å². The van der Waals surface area contributed by atoms with Crippen LogP contribution in [0.1, 0.15) is 116 Å². The molecule has 0 heterocycles. The molecule has 0 spiro atoms. The number of nitrogens with zero attached hydrogens (tertiary/aromatic N) is 4. The molecule has 0 fully saturated rings. The zero-order valence-electron chi connectivity index (χ0n) is 31.5. The van der Waals surface area contributed by atoms with Crippen LogP contribution in [0.25, 0.3) is 0 Å². The van der Waals surface area contributed by atoms with E-state index < -0.39 is 0 Å². The molecule has 0 aliphatic carbocycles. The first-order chi connectivity index (χ1) is 20.8. The van der Waals surface area contributed by atoms with E-state index in [1.165, 1.54) is 0 Å². The van der Waals surface area contributed by atoms with Gasteiger partial charge in [0.1, 0.15) is 0 Å². The van der Waals surface area contributed by atoms with Crippen molar-refractivity contribution in [3.63, 3.8) is 0 Å². The van der Waals surface area contributed by atoms with Crippen molar-refractivity contribution in [3.05, 3.63) is 69.8 Å². The fraction of sp³-hybridized carbons (Fsp3) is 0.500. The van der Waals surface area contributed by atoms with Crippen molar-refractivity contribution in [2.24, 2.45) is 9.98 Å². The van der Waals surface area contributed by atoms with Crippen LogP contribution in [0.3, 0.4) is 0 Å². The third-order valence-electron chi connectivity index (χ3n) is 8.30. The van der Waals surface area contributed by atoms with E-state index in [1.807, 2.05) is 74.4 Å². The molecular weight excluding hydrogens is 632 g/mol. The van der Waals surface area contributed by atoms with Crippen molar-refractivity contribution in [3.8, 4) is 11.5 Å². The Morgan fingerprint density at radius 1 is 0.489 bits per heavy atom. The maximum atomic E-state index is 13.7. The molecule has 259 valence electrons. The second-order valence-corrected chi connectivity index (χ2v) is 17.0. The van der Waals surface area contributed by atoms with Gasteiger partial charge in [-0.05, 0) is 67.2 Å². The molecule has 7 heteroatoms. The number of rotatable bonds is 6. The number of benzene rings is 3. The second kappa shape index (κ2) is 14.1. The average molecular weight is 688 g/mol. The minimum atomic E-state index is -0.314. The van der Waals surface area contributed by atoms with Gasteiger partial charge >= 0.3 is 17.1 Å². The Hall–Kier alpha value is -3.28. The molecule has 3 aromatic carbocycles. The predicted molar refractivity (Wildman–Crippen MR) is 196 cm³/mol. The van der Waals surface area contributed by atoms with E-state index in [-0.39, 0.29) is 50.2 Å². The largest absolute Gasteiger partial charge is 2.00 e. The molecule has 3 aromatic rings. The zero-order chi connectivity index (χ0) is 35.2. The van der Waals surface area contributed by atoms with E-state index in [1.54, 1.807) is 12.4 Å². The van der Waals surface area contributed by atoms with Crippen molar-refractivity contribution in [2.45, 2.75) is 105 Å². The third kappa shape index (κ3) is 9.42. The molecule has 0 aliphatic rings. The Morgan fingerprint density at radius 2 is 0.787 bits per heavy atom. The summed E-state index contributed by atoms with van der Waals surface area (Å²) in [7, 11) is 7.97. The van der Waals surface area contributed by atoms with Gasteiger partial charge in [-0.25, -0.2) is 0 Å². The Bertz CT molecular complexity index is 1520. The van der Waals surface area contributed by atoms with Crippen molar-refractivity contribution in [1.82, 2.24) is 0 Å². The van der Waals surface area contributed by atoms with Crippen LogP contribution in [-0.4, -0.2) is 40.6 Å². The van der Waals surface area contributed by atoms with Gasteiger partial charge in [-0.3, -0.25) is 9.98 Å². The summed E-state index contributed by atoms with van der Waals surface area (Å²) < 4.78 is 0. The molecule has 47 heavy (non-hydrogen) atoms. The van der Waals surface area contributed by atoms with Crippen LogP contribution in [0, 0.1) is 0 Å².